The van der Waals surface area contributed by atoms with Gasteiger partial charge in [-0.3, -0.25) is 14.4 Å². The van der Waals surface area contributed by atoms with Gasteiger partial charge in [-0.1, -0.05) is 208 Å². The molecule has 3 aromatic carbocycles. The second-order valence-corrected chi connectivity index (χ2v) is 21.2. The Morgan fingerprint density at radius 3 is 1.38 bits per heavy atom. The summed E-state index contributed by atoms with van der Waals surface area (Å²) in [6.07, 6.45) is 29.4. The van der Waals surface area contributed by atoms with Crippen LogP contribution in [0.25, 0.3) is 0 Å². The molecule has 0 aromatic heterocycles. The lowest BCUT2D eigenvalue weighted by Crippen LogP contribution is -2.48. The number of carbonyl (C=O) groups excluding carboxylic acids is 3. The second-order valence-electron chi connectivity index (χ2n) is 21.2. The summed E-state index contributed by atoms with van der Waals surface area (Å²) in [5.41, 5.74) is 7.65. The van der Waals surface area contributed by atoms with Gasteiger partial charge in [-0.2, -0.15) is 0 Å². The number of unbranched alkanes of at least 4 members (excludes halogenated alkanes) is 3. The molecule has 0 radical (unpaired) electrons. The first-order valence-electron chi connectivity index (χ1n) is 26.7. The Morgan fingerprint density at radius 2 is 0.969 bits per heavy atom. The summed E-state index contributed by atoms with van der Waals surface area (Å²) >= 11 is 0. The molecule has 65 heavy (non-hydrogen) atoms. The second kappa shape index (κ2) is 27.3. The van der Waals surface area contributed by atoms with E-state index in [-0.39, 0.29) is 18.2 Å². The Balaban J connectivity index is 0.000000215. The van der Waals surface area contributed by atoms with E-state index in [0.717, 1.165) is 30.2 Å². The van der Waals surface area contributed by atoms with E-state index < -0.39 is 17.3 Å². The molecule has 3 saturated carbocycles. The minimum atomic E-state index is -1.14. The molecule has 0 N–H and O–H groups in total. The molecule has 0 bridgehead atoms. The van der Waals surface area contributed by atoms with Crippen LogP contribution in [-0.4, -0.2) is 24.1 Å². The molecule has 0 aliphatic heterocycles. The number of ketones is 2. The third kappa shape index (κ3) is 16.1. The van der Waals surface area contributed by atoms with Gasteiger partial charge in [0, 0.05) is 5.56 Å². The van der Waals surface area contributed by atoms with Crippen LogP contribution < -0.4 is 0 Å². The number of aryl methyl sites for hydroxylation is 3. The van der Waals surface area contributed by atoms with Gasteiger partial charge in [-0.05, 0) is 132 Å². The van der Waals surface area contributed by atoms with Gasteiger partial charge in [-0.25, -0.2) is 0 Å². The molecule has 4 heteroatoms. The van der Waals surface area contributed by atoms with Crippen LogP contribution in [0.3, 0.4) is 0 Å². The molecule has 0 heterocycles. The quantitative estimate of drug-likeness (QED) is 0.0683. The van der Waals surface area contributed by atoms with Crippen LogP contribution in [0.5, 0.6) is 0 Å². The standard InChI is InChI=1S/C21H28O4.2C20H32/c1-4-6-13-21(20(24)25-5-2)14-7-8-17(19(21)23)18(22)16-11-9-15(3)10-12-16;2*1-4-6-13-20(5-2)14-7-8-19(16-20)15-18-11-9-17(3)10-12-18/h9-12,17H,4-8,13-14H2,1-3H3;2*9-12,19H,4-8,13-16H2,1-3H3/t17?,21-;2*19?,20-/m100/s1. The monoisotopic (exact) mass is 889 g/mol. The Hall–Kier alpha value is -3.53. The SMILES string of the molecule is CCCC[C@@]1(C(=O)OCC)CCCC(C(=O)c2ccc(C)cc2)C1=O.CCCC[C@@]1(CC)CCCC(Cc2ccc(C)cc2)C1.CCCC[C@@]1(CC)CCCC(Cc2ccc(C)cc2)C1. The molecular weight excluding hydrogens is 797 g/mol. The summed E-state index contributed by atoms with van der Waals surface area (Å²) in [7, 11) is 0. The number of ether oxygens (including phenoxy) is 1. The molecule has 3 aromatic rings. The average Bonchev–Trinajstić information content (AvgIpc) is 3.32. The van der Waals surface area contributed by atoms with Gasteiger partial charge in [0.2, 0.25) is 0 Å². The van der Waals surface area contributed by atoms with Crippen LogP contribution in [0.15, 0.2) is 72.8 Å². The predicted molar refractivity (Wildman–Crippen MR) is 275 cm³/mol. The van der Waals surface area contributed by atoms with Crippen molar-refractivity contribution in [2.45, 2.75) is 216 Å². The normalized spacial score (nSPS) is 25.4. The first kappa shape index (κ1) is 54.1. The van der Waals surface area contributed by atoms with Crippen molar-refractivity contribution in [1.82, 2.24) is 0 Å². The molecule has 0 saturated heterocycles. The topological polar surface area (TPSA) is 60.4 Å². The van der Waals surface area contributed by atoms with E-state index in [1.807, 2.05) is 26.0 Å². The van der Waals surface area contributed by atoms with Gasteiger partial charge in [0.1, 0.15) is 5.41 Å². The van der Waals surface area contributed by atoms with E-state index in [2.05, 4.69) is 90.1 Å². The van der Waals surface area contributed by atoms with Crippen molar-refractivity contribution in [3.8, 4) is 0 Å². The summed E-state index contributed by atoms with van der Waals surface area (Å²) in [6.45, 7) is 19.8. The van der Waals surface area contributed by atoms with Crippen molar-refractivity contribution in [3.63, 3.8) is 0 Å². The lowest BCUT2D eigenvalue weighted by molar-refractivity contribution is -0.164. The Morgan fingerprint density at radius 1 is 0.554 bits per heavy atom. The highest BCUT2D eigenvalue weighted by atomic mass is 16.5. The zero-order chi connectivity index (χ0) is 47.3. The molecule has 6 rings (SSSR count). The van der Waals surface area contributed by atoms with Crippen LogP contribution in [0.2, 0.25) is 0 Å². The van der Waals surface area contributed by atoms with Crippen LogP contribution >= 0.6 is 0 Å². The molecule has 3 fully saturated rings. The molecule has 3 unspecified atom stereocenters. The lowest BCUT2D eigenvalue weighted by atomic mass is 9.64. The molecule has 360 valence electrons. The Labute approximate surface area is 398 Å². The van der Waals surface area contributed by atoms with Crippen molar-refractivity contribution in [2.75, 3.05) is 6.61 Å². The van der Waals surface area contributed by atoms with E-state index in [9.17, 15) is 14.4 Å². The van der Waals surface area contributed by atoms with Gasteiger partial charge in [0.25, 0.3) is 0 Å². The van der Waals surface area contributed by atoms with Crippen molar-refractivity contribution >= 4 is 17.5 Å². The molecule has 3 aliphatic rings. The van der Waals surface area contributed by atoms with Crippen LogP contribution in [0.4, 0.5) is 0 Å². The van der Waals surface area contributed by atoms with Crippen molar-refractivity contribution in [2.24, 2.45) is 34.0 Å². The molecule has 0 amide bonds. The summed E-state index contributed by atoms with van der Waals surface area (Å²) < 4.78 is 5.23. The summed E-state index contributed by atoms with van der Waals surface area (Å²) in [5, 5.41) is 0. The van der Waals surface area contributed by atoms with Crippen LogP contribution in [0.1, 0.15) is 221 Å². The van der Waals surface area contributed by atoms with Crippen molar-refractivity contribution in [1.29, 1.82) is 0 Å². The number of hydrogen-bond donors (Lipinski definition) is 0. The van der Waals surface area contributed by atoms with Crippen LogP contribution in [0, 0.1) is 54.8 Å². The maximum atomic E-state index is 13.2. The highest BCUT2D eigenvalue weighted by Crippen LogP contribution is 2.48. The van der Waals surface area contributed by atoms with Gasteiger partial charge in [0.15, 0.2) is 11.6 Å². The zero-order valence-corrected chi connectivity index (χ0v) is 43.0. The van der Waals surface area contributed by atoms with E-state index in [0.29, 0.717) is 42.1 Å². The smallest absolute Gasteiger partial charge is 0.319 e. The van der Waals surface area contributed by atoms with E-state index >= 15 is 0 Å². The minimum Gasteiger partial charge on any atom is -0.465 e. The molecule has 3 aliphatic carbocycles. The Kier molecular flexibility index (Phi) is 22.7. The fourth-order valence-electron chi connectivity index (χ4n) is 11.8. The number of esters is 1. The maximum Gasteiger partial charge on any atom is 0.319 e. The third-order valence-electron chi connectivity index (χ3n) is 16.2. The van der Waals surface area contributed by atoms with E-state index in [1.165, 1.54) is 127 Å². The fourth-order valence-corrected chi connectivity index (χ4v) is 11.8. The van der Waals surface area contributed by atoms with Crippen molar-refractivity contribution < 1.29 is 19.1 Å². The lowest BCUT2D eigenvalue weighted by Gasteiger charge is -2.41. The molecular formula is C61H92O4. The first-order valence-corrected chi connectivity index (χ1v) is 26.7. The van der Waals surface area contributed by atoms with Crippen LogP contribution in [-0.2, 0) is 27.2 Å². The molecule has 6 atom stereocenters. The maximum absolute atomic E-state index is 13.2. The highest BCUT2D eigenvalue weighted by molar-refractivity contribution is 6.17. The summed E-state index contributed by atoms with van der Waals surface area (Å²) in [4.78, 5) is 38.8. The Bertz CT molecular complexity index is 1760. The zero-order valence-electron chi connectivity index (χ0n) is 43.0. The minimum absolute atomic E-state index is 0.171. The van der Waals surface area contributed by atoms with Gasteiger partial charge < -0.3 is 4.74 Å². The number of benzene rings is 3. The molecule has 4 nitrogen and oxygen atoms in total. The van der Waals surface area contributed by atoms with E-state index in [4.69, 9.17) is 4.74 Å². The number of hydrogen-bond acceptors (Lipinski definition) is 4. The number of rotatable bonds is 19. The summed E-state index contributed by atoms with van der Waals surface area (Å²) in [6, 6.07) is 25.7. The van der Waals surface area contributed by atoms with E-state index in [1.54, 1.807) is 30.2 Å². The summed E-state index contributed by atoms with van der Waals surface area (Å²) in [5.74, 6) is 0.241. The highest BCUT2D eigenvalue weighted by Gasteiger charge is 2.52. The largest absolute Gasteiger partial charge is 0.465 e. The number of carbonyl (C=O) groups is 3. The number of Topliss-reactive ketones (excluding diaryl/α,β-unsaturated/α-hetero) is 2. The van der Waals surface area contributed by atoms with Gasteiger partial charge in [-0.15, -0.1) is 0 Å². The average molecular weight is 889 g/mol. The van der Waals surface area contributed by atoms with Gasteiger partial charge >= 0.3 is 5.97 Å². The van der Waals surface area contributed by atoms with Gasteiger partial charge in [0.05, 0.1) is 12.5 Å². The fraction of sp³-hybridized carbons (Fsp3) is 0.656. The van der Waals surface area contributed by atoms with Crippen molar-refractivity contribution in [3.05, 3.63) is 106 Å². The predicted octanol–water partition coefficient (Wildman–Crippen LogP) is 16.9. The first-order chi connectivity index (χ1) is 31.3. The molecule has 0 spiro atoms. The third-order valence-corrected chi connectivity index (χ3v) is 16.2.